The average Bonchev–Trinajstić information content (AvgIpc) is 2.81. The van der Waals surface area contributed by atoms with Crippen molar-refractivity contribution >= 4 is 21.9 Å². The van der Waals surface area contributed by atoms with Crippen LogP contribution in [0.5, 0.6) is 0 Å². The fourth-order valence-corrected chi connectivity index (χ4v) is 5.12. The summed E-state index contributed by atoms with van der Waals surface area (Å²) in [6.07, 6.45) is 1.70. The van der Waals surface area contributed by atoms with Crippen LogP contribution >= 0.6 is 0 Å². The molecule has 33 heavy (non-hydrogen) atoms. The number of benzene rings is 2. The van der Waals surface area contributed by atoms with Gasteiger partial charge in [0.05, 0.1) is 17.4 Å². The summed E-state index contributed by atoms with van der Waals surface area (Å²) in [7, 11) is -3.72. The third-order valence-corrected chi connectivity index (χ3v) is 7.58. The van der Waals surface area contributed by atoms with Crippen molar-refractivity contribution in [3.8, 4) is 0 Å². The van der Waals surface area contributed by atoms with Gasteiger partial charge in [-0.25, -0.2) is 12.8 Å². The number of nitrogens with zero attached hydrogens (tertiary/aromatic N) is 1. The topological polar surface area (TPSA) is 92.8 Å². The molecule has 3 rings (SSSR count). The zero-order valence-corrected chi connectivity index (χ0v) is 19.4. The number of hydrogen-bond donors (Lipinski definition) is 1. The molecular formula is C24H29FN2O5S. The van der Waals surface area contributed by atoms with E-state index in [0.29, 0.717) is 25.7 Å². The molecule has 0 bridgehead atoms. The van der Waals surface area contributed by atoms with E-state index in [0.717, 1.165) is 17.7 Å². The smallest absolute Gasteiger partial charge is 0.309 e. The van der Waals surface area contributed by atoms with Crippen LogP contribution in [0.3, 0.4) is 0 Å². The first-order valence-electron chi connectivity index (χ1n) is 11.0. The third kappa shape index (κ3) is 7.10. The molecule has 1 aliphatic heterocycles. The van der Waals surface area contributed by atoms with Gasteiger partial charge >= 0.3 is 5.97 Å². The van der Waals surface area contributed by atoms with E-state index in [1.807, 2.05) is 31.2 Å². The van der Waals surface area contributed by atoms with Gasteiger partial charge in [0, 0.05) is 19.5 Å². The molecular weight excluding hydrogens is 447 g/mol. The van der Waals surface area contributed by atoms with Gasteiger partial charge in [-0.1, -0.05) is 29.8 Å². The number of nitrogens with one attached hydrogen (secondary N) is 1. The Bertz CT molecular complexity index is 1050. The number of carbonyl (C=O) groups is 2. The predicted molar refractivity (Wildman–Crippen MR) is 121 cm³/mol. The number of sulfonamides is 1. The minimum Gasteiger partial charge on any atom is -0.464 e. The molecule has 0 aromatic heterocycles. The molecule has 0 radical (unpaired) electrons. The summed E-state index contributed by atoms with van der Waals surface area (Å²) in [5.74, 6) is -1.38. The van der Waals surface area contributed by atoms with Crippen molar-refractivity contribution in [2.24, 2.45) is 5.92 Å². The van der Waals surface area contributed by atoms with Gasteiger partial charge in [0.25, 0.3) is 0 Å². The van der Waals surface area contributed by atoms with Gasteiger partial charge in [-0.2, -0.15) is 4.31 Å². The number of hydrogen-bond acceptors (Lipinski definition) is 5. The van der Waals surface area contributed by atoms with Crippen LogP contribution in [-0.2, 0) is 30.8 Å². The zero-order valence-electron chi connectivity index (χ0n) is 18.6. The second-order valence-corrected chi connectivity index (χ2v) is 10.1. The lowest BCUT2D eigenvalue weighted by molar-refractivity contribution is -0.150. The normalized spacial score (nSPS) is 15.2. The van der Waals surface area contributed by atoms with Crippen molar-refractivity contribution in [1.82, 2.24) is 9.62 Å². The lowest BCUT2D eigenvalue weighted by Crippen LogP contribution is -2.40. The van der Waals surface area contributed by atoms with E-state index in [4.69, 9.17) is 4.74 Å². The number of amides is 1. The van der Waals surface area contributed by atoms with Crippen LogP contribution in [0.1, 0.15) is 30.4 Å². The van der Waals surface area contributed by atoms with Gasteiger partial charge < -0.3 is 10.1 Å². The number of esters is 1. The van der Waals surface area contributed by atoms with Crippen LogP contribution in [-0.4, -0.2) is 50.8 Å². The Morgan fingerprint density at radius 1 is 1.06 bits per heavy atom. The molecule has 1 heterocycles. The van der Waals surface area contributed by atoms with Gasteiger partial charge in [-0.3, -0.25) is 9.59 Å². The summed E-state index contributed by atoms with van der Waals surface area (Å²) < 4.78 is 44.9. The highest BCUT2D eigenvalue weighted by Gasteiger charge is 2.32. The van der Waals surface area contributed by atoms with Gasteiger partial charge in [0.1, 0.15) is 12.4 Å². The molecule has 7 nitrogen and oxygen atoms in total. The first-order valence-corrected chi connectivity index (χ1v) is 12.4. The average molecular weight is 477 g/mol. The summed E-state index contributed by atoms with van der Waals surface area (Å²) in [6, 6.07) is 12.7. The Labute approximate surface area is 194 Å². The first kappa shape index (κ1) is 24.9. The van der Waals surface area contributed by atoms with Crippen molar-refractivity contribution in [1.29, 1.82) is 0 Å². The number of aryl methyl sites for hydroxylation is 2. The first-order chi connectivity index (χ1) is 15.8. The Balaban J connectivity index is 1.34. The lowest BCUT2D eigenvalue weighted by atomic mass is 9.98. The van der Waals surface area contributed by atoms with Crippen molar-refractivity contribution in [2.75, 3.05) is 26.2 Å². The van der Waals surface area contributed by atoms with E-state index in [1.54, 1.807) is 0 Å². The summed E-state index contributed by atoms with van der Waals surface area (Å²) in [6.45, 7) is 2.70. The van der Waals surface area contributed by atoms with Crippen molar-refractivity contribution in [3.05, 3.63) is 65.5 Å². The fraction of sp³-hybridized carbons (Fsp3) is 0.417. The predicted octanol–water partition coefficient (Wildman–Crippen LogP) is 2.83. The molecule has 1 N–H and O–H groups in total. The molecule has 1 aliphatic rings. The largest absolute Gasteiger partial charge is 0.464 e. The van der Waals surface area contributed by atoms with Crippen LogP contribution in [0.4, 0.5) is 4.39 Å². The van der Waals surface area contributed by atoms with Crippen LogP contribution in [0, 0.1) is 18.7 Å². The van der Waals surface area contributed by atoms with E-state index in [1.165, 1.54) is 22.0 Å². The Hall–Kier alpha value is -2.78. The monoisotopic (exact) mass is 476 g/mol. The summed E-state index contributed by atoms with van der Waals surface area (Å²) >= 11 is 0. The number of piperidine rings is 1. The zero-order chi connectivity index (χ0) is 23.8. The molecule has 2 aromatic carbocycles. The summed E-state index contributed by atoms with van der Waals surface area (Å²) in [5, 5.41) is 2.74. The minimum absolute atomic E-state index is 0.0306. The molecule has 2 aromatic rings. The van der Waals surface area contributed by atoms with Crippen molar-refractivity contribution in [3.63, 3.8) is 0 Å². The van der Waals surface area contributed by atoms with Gasteiger partial charge in [-0.05, 0) is 56.0 Å². The number of carbonyl (C=O) groups excluding carboxylic acids is 2. The van der Waals surface area contributed by atoms with Crippen LogP contribution in [0.2, 0.25) is 0 Å². The highest BCUT2D eigenvalue weighted by atomic mass is 32.2. The molecule has 0 spiro atoms. The van der Waals surface area contributed by atoms with E-state index < -0.39 is 15.8 Å². The minimum atomic E-state index is -3.72. The molecule has 0 atom stereocenters. The molecule has 9 heteroatoms. The molecule has 178 valence electrons. The van der Waals surface area contributed by atoms with E-state index >= 15 is 0 Å². The SMILES string of the molecule is Cc1ccc(CCC(=O)NCCOC(=O)C2CCN(S(=O)(=O)c3ccc(F)cc3)CC2)cc1. The maximum atomic E-state index is 13.1. The molecule has 0 unspecified atom stereocenters. The quantitative estimate of drug-likeness (QED) is 0.444. The van der Waals surface area contributed by atoms with Crippen LogP contribution in [0.15, 0.2) is 53.4 Å². The Morgan fingerprint density at radius 3 is 2.33 bits per heavy atom. The number of ether oxygens (including phenoxy) is 1. The molecule has 1 saturated heterocycles. The van der Waals surface area contributed by atoms with Crippen molar-refractivity contribution < 1.29 is 27.1 Å². The van der Waals surface area contributed by atoms with Crippen LogP contribution < -0.4 is 5.32 Å². The summed E-state index contributed by atoms with van der Waals surface area (Å²) in [5.41, 5.74) is 2.26. The Kier molecular flexibility index (Phi) is 8.57. The number of halogens is 1. The van der Waals surface area contributed by atoms with E-state index in [-0.39, 0.29) is 48.9 Å². The standard InChI is InChI=1S/C24H29FN2O5S/c1-18-2-4-19(5-3-18)6-11-23(28)26-14-17-32-24(29)20-12-15-27(16-13-20)33(30,31)22-9-7-21(25)8-10-22/h2-5,7-10,20H,6,11-17H2,1H3,(H,26,28). The molecule has 1 fully saturated rings. The third-order valence-electron chi connectivity index (χ3n) is 5.67. The highest BCUT2D eigenvalue weighted by Crippen LogP contribution is 2.24. The lowest BCUT2D eigenvalue weighted by Gasteiger charge is -2.30. The van der Waals surface area contributed by atoms with Gasteiger partial charge in [-0.15, -0.1) is 0 Å². The molecule has 1 amide bonds. The summed E-state index contributed by atoms with van der Waals surface area (Å²) in [4.78, 5) is 24.3. The van der Waals surface area contributed by atoms with E-state index in [2.05, 4.69) is 5.32 Å². The van der Waals surface area contributed by atoms with Gasteiger partial charge in [0.2, 0.25) is 15.9 Å². The number of rotatable bonds is 9. The second-order valence-electron chi connectivity index (χ2n) is 8.14. The maximum absolute atomic E-state index is 13.1. The maximum Gasteiger partial charge on any atom is 0.309 e. The van der Waals surface area contributed by atoms with Crippen molar-refractivity contribution in [2.45, 2.75) is 37.5 Å². The van der Waals surface area contributed by atoms with Crippen LogP contribution in [0.25, 0.3) is 0 Å². The Morgan fingerprint density at radius 2 is 1.70 bits per heavy atom. The van der Waals surface area contributed by atoms with Gasteiger partial charge in [0.15, 0.2) is 0 Å². The van der Waals surface area contributed by atoms with E-state index in [9.17, 15) is 22.4 Å². The molecule has 0 aliphatic carbocycles. The highest BCUT2D eigenvalue weighted by molar-refractivity contribution is 7.89. The fourth-order valence-electron chi connectivity index (χ4n) is 3.65. The second kappa shape index (κ2) is 11.4. The molecule has 0 saturated carbocycles.